The van der Waals surface area contributed by atoms with E-state index in [9.17, 15) is 4.79 Å². The minimum atomic E-state index is -0.0218. The van der Waals surface area contributed by atoms with Crippen molar-refractivity contribution in [3.63, 3.8) is 0 Å². The van der Waals surface area contributed by atoms with Crippen LogP contribution in [-0.4, -0.2) is 61.3 Å². The van der Waals surface area contributed by atoms with E-state index in [4.69, 9.17) is 9.47 Å². The minimum Gasteiger partial charge on any atom is -0.486 e. The number of amides is 1. The highest BCUT2D eigenvalue weighted by molar-refractivity contribution is 5.94. The Labute approximate surface area is 182 Å². The first-order chi connectivity index (χ1) is 15.2. The fraction of sp³-hybridized carbons (Fsp3) is 0.360. The number of hydrogen-bond acceptors (Lipinski definition) is 5. The fourth-order valence-electron chi connectivity index (χ4n) is 4.51. The Bertz CT molecular complexity index is 1060. The number of carbonyl (C=O) groups is 1. The van der Waals surface area contributed by atoms with Crippen molar-refractivity contribution in [2.24, 2.45) is 0 Å². The third-order valence-electron chi connectivity index (χ3n) is 6.28. The Hall–Kier alpha value is -3.12. The number of ether oxygens (including phenoxy) is 2. The van der Waals surface area contributed by atoms with E-state index in [0.29, 0.717) is 19.2 Å². The summed E-state index contributed by atoms with van der Waals surface area (Å²) in [6, 6.07) is 17.9. The SMILES string of the molecule is COC1CCN(c2ccc(C(=O)N3CCC(Oc4cccc5cccnc45)C3)cc2)C1. The van der Waals surface area contributed by atoms with Gasteiger partial charge in [-0.05, 0) is 42.8 Å². The van der Waals surface area contributed by atoms with Crippen LogP contribution in [0.5, 0.6) is 5.75 Å². The summed E-state index contributed by atoms with van der Waals surface area (Å²) in [5.74, 6) is 0.839. The van der Waals surface area contributed by atoms with Gasteiger partial charge in [-0.3, -0.25) is 9.78 Å². The Kier molecular flexibility index (Phi) is 5.47. The summed E-state index contributed by atoms with van der Waals surface area (Å²) in [6.07, 6.45) is 3.91. The molecule has 6 heteroatoms. The smallest absolute Gasteiger partial charge is 0.253 e. The van der Waals surface area contributed by atoms with Crippen molar-refractivity contribution < 1.29 is 14.3 Å². The molecule has 2 atom stereocenters. The Morgan fingerprint density at radius 3 is 2.58 bits per heavy atom. The number of nitrogens with zero attached hydrogens (tertiary/aromatic N) is 3. The van der Waals surface area contributed by atoms with Gasteiger partial charge >= 0.3 is 0 Å². The first-order valence-electron chi connectivity index (χ1n) is 10.9. The maximum atomic E-state index is 13.0. The number of fused-ring (bicyclic) bond motifs is 1. The van der Waals surface area contributed by atoms with Gasteiger partial charge < -0.3 is 19.3 Å². The van der Waals surface area contributed by atoms with Crippen LogP contribution in [0.3, 0.4) is 0 Å². The summed E-state index contributed by atoms with van der Waals surface area (Å²) < 4.78 is 11.7. The molecule has 2 aromatic carbocycles. The van der Waals surface area contributed by atoms with Crippen molar-refractivity contribution in [3.8, 4) is 5.75 Å². The van der Waals surface area contributed by atoms with Crippen LogP contribution in [0.1, 0.15) is 23.2 Å². The predicted molar refractivity (Wildman–Crippen MR) is 121 cm³/mol. The summed E-state index contributed by atoms with van der Waals surface area (Å²) in [4.78, 5) is 21.7. The zero-order chi connectivity index (χ0) is 21.2. The molecule has 2 aliphatic rings. The van der Waals surface area contributed by atoms with E-state index in [1.807, 2.05) is 59.5 Å². The van der Waals surface area contributed by atoms with E-state index >= 15 is 0 Å². The summed E-state index contributed by atoms with van der Waals surface area (Å²) in [5.41, 5.74) is 2.73. The molecule has 1 amide bonds. The van der Waals surface area contributed by atoms with Crippen LogP contribution in [0.4, 0.5) is 5.69 Å². The third kappa shape index (κ3) is 4.08. The molecular formula is C25H27N3O3. The molecule has 0 N–H and O–H groups in total. The van der Waals surface area contributed by atoms with Gasteiger partial charge in [0.05, 0.1) is 12.6 Å². The van der Waals surface area contributed by atoms with Crippen molar-refractivity contribution in [1.82, 2.24) is 9.88 Å². The van der Waals surface area contributed by atoms with E-state index in [-0.39, 0.29) is 12.0 Å². The summed E-state index contributed by atoms with van der Waals surface area (Å²) >= 11 is 0. The lowest BCUT2D eigenvalue weighted by molar-refractivity contribution is 0.0773. The molecule has 0 saturated carbocycles. The van der Waals surface area contributed by atoms with Crippen molar-refractivity contribution >= 4 is 22.5 Å². The number of benzene rings is 2. The molecule has 0 radical (unpaired) electrons. The van der Waals surface area contributed by atoms with Crippen LogP contribution in [0.2, 0.25) is 0 Å². The van der Waals surface area contributed by atoms with Crippen LogP contribution < -0.4 is 9.64 Å². The van der Waals surface area contributed by atoms with Gasteiger partial charge in [-0.25, -0.2) is 0 Å². The Morgan fingerprint density at radius 1 is 0.968 bits per heavy atom. The highest BCUT2D eigenvalue weighted by atomic mass is 16.5. The molecule has 6 nitrogen and oxygen atoms in total. The molecule has 3 aromatic rings. The minimum absolute atomic E-state index is 0.0218. The summed E-state index contributed by atoms with van der Waals surface area (Å²) in [5, 5.41) is 1.06. The van der Waals surface area contributed by atoms with Crippen molar-refractivity contribution in [2.45, 2.75) is 25.0 Å². The number of pyridine rings is 1. The fourth-order valence-corrected chi connectivity index (χ4v) is 4.51. The van der Waals surface area contributed by atoms with Gasteiger partial charge in [-0.15, -0.1) is 0 Å². The zero-order valence-electron chi connectivity index (χ0n) is 17.7. The number of anilines is 1. The Balaban J connectivity index is 1.22. The molecule has 160 valence electrons. The zero-order valence-corrected chi connectivity index (χ0v) is 17.7. The summed E-state index contributed by atoms with van der Waals surface area (Å²) in [6.45, 7) is 3.18. The molecule has 2 fully saturated rings. The number of methoxy groups -OCH3 is 1. The maximum absolute atomic E-state index is 13.0. The van der Waals surface area contributed by atoms with Gasteiger partial charge in [0.25, 0.3) is 5.91 Å². The second-order valence-electron chi connectivity index (χ2n) is 8.25. The number of carbonyl (C=O) groups excluding carboxylic acids is 1. The standard InChI is InChI=1S/C25H27N3O3/c1-30-21-11-14-27(16-21)20-9-7-19(8-10-20)25(29)28-15-12-22(17-28)31-23-6-2-4-18-5-3-13-26-24(18)23/h2-10,13,21-22H,11-12,14-17H2,1H3. The van der Waals surface area contributed by atoms with Crippen LogP contribution in [0.25, 0.3) is 10.9 Å². The molecule has 1 aromatic heterocycles. The first-order valence-corrected chi connectivity index (χ1v) is 10.9. The van der Waals surface area contributed by atoms with Gasteiger partial charge in [-0.2, -0.15) is 0 Å². The molecule has 0 spiro atoms. The van der Waals surface area contributed by atoms with Crippen molar-refractivity contribution in [3.05, 3.63) is 66.4 Å². The van der Waals surface area contributed by atoms with E-state index in [1.54, 1.807) is 13.3 Å². The molecule has 2 saturated heterocycles. The molecular weight excluding hydrogens is 390 g/mol. The monoisotopic (exact) mass is 417 g/mol. The third-order valence-corrected chi connectivity index (χ3v) is 6.28. The van der Waals surface area contributed by atoms with Crippen LogP contribution in [0, 0.1) is 0 Å². The predicted octanol–water partition coefficient (Wildman–Crippen LogP) is 3.75. The van der Waals surface area contributed by atoms with Gasteiger partial charge in [0.1, 0.15) is 17.4 Å². The van der Waals surface area contributed by atoms with E-state index in [0.717, 1.165) is 53.8 Å². The molecule has 2 unspecified atom stereocenters. The molecule has 5 rings (SSSR count). The molecule has 31 heavy (non-hydrogen) atoms. The lowest BCUT2D eigenvalue weighted by Gasteiger charge is -2.20. The number of aromatic nitrogens is 1. The average Bonchev–Trinajstić information content (AvgIpc) is 3.49. The average molecular weight is 418 g/mol. The van der Waals surface area contributed by atoms with Crippen molar-refractivity contribution in [1.29, 1.82) is 0 Å². The topological polar surface area (TPSA) is 54.9 Å². The van der Waals surface area contributed by atoms with Gasteiger partial charge in [0, 0.05) is 56.0 Å². The molecule has 0 bridgehead atoms. The largest absolute Gasteiger partial charge is 0.486 e. The Morgan fingerprint density at radius 2 is 1.77 bits per heavy atom. The van der Waals surface area contributed by atoms with Crippen molar-refractivity contribution in [2.75, 3.05) is 38.2 Å². The highest BCUT2D eigenvalue weighted by Crippen LogP contribution is 2.27. The summed E-state index contributed by atoms with van der Waals surface area (Å²) in [7, 11) is 1.76. The number of para-hydroxylation sites is 1. The highest BCUT2D eigenvalue weighted by Gasteiger charge is 2.29. The molecule has 0 aliphatic carbocycles. The second kappa shape index (κ2) is 8.55. The van der Waals surface area contributed by atoms with Crippen LogP contribution >= 0.6 is 0 Å². The number of likely N-dealkylation sites (tertiary alicyclic amines) is 1. The van der Waals surface area contributed by atoms with E-state index in [2.05, 4.69) is 9.88 Å². The number of rotatable bonds is 5. The molecule has 2 aliphatic heterocycles. The quantitative estimate of drug-likeness (QED) is 0.633. The maximum Gasteiger partial charge on any atom is 0.253 e. The van der Waals surface area contributed by atoms with Gasteiger partial charge in [-0.1, -0.05) is 18.2 Å². The normalized spacial score (nSPS) is 21.1. The number of hydrogen-bond donors (Lipinski definition) is 0. The second-order valence-corrected chi connectivity index (χ2v) is 8.25. The van der Waals surface area contributed by atoms with Crippen LogP contribution in [0.15, 0.2) is 60.8 Å². The van der Waals surface area contributed by atoms with Gasteiger partial charge in [0.2, 0.25) is 0 Å². The first kappa shape index (κ1) is 19.8. The molecule has 3 heterocycles. The van der Waals surface area contributed by atoms with Crippen LogP contribution in [-0.2, 0) is 4.74 Å². The lowest BCUT2D eigenvalue weighted by Crippen LogP contribution is -2.31. The van der Waals surface area contributed by atoms with E-state index in [1.165, 1.54) is 0 Å². The lowest BCUT2D eigenvalue weighted by atomic mass is 10.1. The van der Waals surface area contributed by atoms with Gasteiger partial charge in [0.15, 0.2) is 0 Å². The van der Waals surface area contributed by atoms with E-state index < -0.39 is 0 Å².